The van der Waals surface area contributed by atoms with Gasteiger partial charge >= 0.3 is 0 Å². The minimum Gasteiger partial charge on any atom is -0.455 e. The van der Waals surface area contributed by atoms with E-state index in [9.17, 15) is 0 Å². The summed E-state index contributed by atoms with van der Waals surface area (Å²) in [4.78, 5) is 2.44. The van der Waals surface area contributed by atoms with Crippen molar-refractivity contribution in [1.29, 1.82) is 0 Å². The van der Waals surface area contributed by atoms with Crippen LogP contribution >= 0.6 is 0 Å². The zero-order valence-corrected chi connectivity index (χ0v) is 35.7. The van der Waals surface area contributed by atoms with Gasteiger partial charge in [0.25, 0.3) is 0 Å². The van der Waals surface area contributed by atoms with Crippen molar-refractivity contribution in [3.63, 3.8) is 0 Å². The number of aromatic nitrogens is 1. The number of anilines is 3. The number of fused-ring (bicyclic) bond motifs is 12. The molecule has 0 aliphatic carbocycles. The molecule has 4 nitrogen and oxygen atoms in total. The molecule has 0 saturated carbocycles. The lowest BCUT2D eigenvalue weighted by atomic mass is 9.95. The maximum absolute atomic E-state index is 7.00. The molecule has 14 aromatic rings. The Labute approximate surface area is 379 Å². The van der Waals surface area contributed by atoms with Crippen LogP contribution in [0.1, 0.15) is 0 Å². The standard InChI is InChI=1S/C62H38N2O2/c1-2-18-44-41(15-1)38-57(47-20-4-3-19-46(44)47)64(43-17-13-16-40(37-43)45-25-14-26-52-50-23-7-11-29-58(50)65-61(45)52)56-36-35-53-51-24-8-12-30-59(51)66-62(53)60(56)39-31-33-42(34-32-39)63-54-27-9-5-21-48(54)49-22-6-10-28-55(49)63/h1-38H. The topological polar surface area (TPSA) is 34.5 Å². The third-order valence-corrected chi connectivity index (χ3v) is 13.6. The molecule has 308 valence electrons. The molecule has 0 amide bonds. The predicted octanol–water partition coefficient (Wildman–Crippen LogP) is 17.7. The maximum atomic E-state index is 7.00. The minimum absolute atomic E-state index is 0.844. The van der Waals surface area contributed by atoms with Crippen LogP contribution in [0, 0.1) is 0 Å². The van der Waals surface area contributed by atoms with Crippen LogP contribution in [0.3, 0.4) is 0 Å². The van der Waals surface area contributed by atoms with Gasteiger partial charge in [-0.2, -0.15) is 0 Å². The minimum atomic E-state index is 0.844. The number of hydrogen-bond donors (Lipinski definition) is 0. The van der Waals surface area contributed by atoms with Crippen LogP contribution in [0.2, 0.25) is 0 Å². The van der Waals surface area contributed by atoms with Crippen LogP contribution in [-0.4, -0.2) is 4.57 Å². The van der Waals surface area contributed by atoms with Crippen LogP contribution in [0.25, 0.3) is 115 Å². The normalized spacial score (nSPS) is 11.9. The summed E-state index contributed by atoms with van der Waals surface area (Å²) in [5, 5.41) is 11.6. The molecule has 0 bridgehead atoms. The third-order valence-electron chi connectivity index (χ3n) is 13.6. The molecule has 0 aliphatic rings. The van der Waals surface area contributed by atoms with Crippen LogP contribution in [-0.2, 0) is 0 Å². The average Bonchev–Trinajstić information content (AvgIpc) is 4.07. The second kappa shape index (κ2) is 14.3. The number of hydrogen-bond acceptors (Lipinski definition) is 3. The van der Waals surface area contributed by atoms with Gasteiger partial charge in [-0.15, -0.1) is 0 Å². The van der Waals surface area contributed by atoms with Gasteiger partial charge in [0, 0.05) is 60.2 Å². The summed E-state index contributed by atoms with van der Waals surface area (Å²) in [5.74, 6) is 0. The van der Waals surface area contributed by atoms with Gasteiger partial charge in [-0.05, 0) is 94.0 Å². The zero-order chi connectivity index (χ0) is 43.3. The molecule has 0 aliphatic heterocycles. The molecule has 0 N–H and O–H groups in total. The summed E-state index contributed by atoms with van der Waals surface area (Å²) >= 11 is 0. The first-order valence-corrected chi connectivity index (χ1v) is 22.5. The van der Waals surface area contributed by atoms with E-state index in [-0.39, 0.29) is 0 Å². The Hall–Kier alpha value is -8.86. The predicted molar refractivity (Wildman–Crippen MR) is 276 cm³/mol. The first-order chi connectivity index (χ1) is 32.7. The smallest absolute Gasteiger partial charge is 0.145 e. The molecular formula is C62H38N2O2. The number of para-hydroxylation sites is 5. The highest BCUT2D eigenvalue weighted by Crippen LogP contribution is 2.50. The van der Waals surface area contributed by atoms with Crippen LogP contribution in [0.15, 0.2) is 239 Å². The highest BCUT2D eigenvalue weighted by atomic mass is 16.3. The largest absolute Gasteiger partial charge is 0.455 e. The molecule has 0 unspecified atom stereocenters. The second-order valence-electron chi connectivity index (χ2n) is 17.2. The van der Waals surface area contributed by atoms with Crippen molar-refractivity contribution in [2.24, 2.45) is 0 Å². The van der Waals surface area contributed by atoms with Crippen LogP contribution in [0.4, 0.5) is 17.1 Å². The third kappa shape index (κ3) is 5.45. The summed E-state index contributed by atoms with van der Waals surface area (Å²) in [6.45, 7) is 0. The summed E-state index contributed by atoms with van der Waals surface area (Å²) in [6.07, 6.45) is 0. The fourth-order valence-electron chi connectivity index (χ4n) is 10.6. The van der Waals surface area contributed by atoms with Gasteiger partial charge in [-0.25, -0.2) is 0 Å². The number of benzene rings is 11. The molecule has 11 aromatic carbocycles. The lowest BCUT2D eigenvalue weighted by molar-refractivity contribution is 0.669. The SMILES string of the molecule is c1cc(-c2cccc3c2oc2ccccc23)cc(N(c2ccc3c(oc4ccccc43)c2-c2ccc(-n3c4ccccc4c4ccccc43)cc2)c2cc3ccccc3c3ccccc23)c1. The molecule has 3 heterocycles. The lowest BCUT2D eigenvalue weighted by Gasteiger charge is -2.30. The Morgan fingerprint density at radius 2 is 0.894 bits per heavy atom. The van der Waals surface area contributed by atoms with E-state index in [0.29, 0.717) is 0 Å². The van der Waals surface area contributed by atoms with Gasteiger partial charge in [-0.1, -0.05) is 164 Å². The molecule has 66 heavy (non-hydrogen) atoms. The summed E-state index contributed by atoms with van der Waals surface area (Å²) in [5.41, 5.74) is 14.2. The van der Waals surface area contributed by atoms with E-state index < -0.39 is 0 Å². The highest BCUT2D eigenvalue weighted by molar-refractivity contribution is 6.18. The van der Waals surface area contributed by atoms with Crippen molar-refractivity contribution in [3.8, 4) is 27.9 Å². The van der Waals surface area contributed by atoms with E-state index >= 15 is 0 Å². The van der Waals surface area contributed by atoms with Gasteiger partial charge in [0.15, 0.2) is 0 Å². The van der Waals surface area contributed by atoms with Crippen molar-refractivity contribution in [2.75, 3.05) is 4.90 Å². The molecule has 0 spiro atoms. The van der Waals surface area contributed by atoms with E-state index in [0.717, 1.165) is 94.3 Å². The summed E-state index contributed by atoms with van der Waals surface area (Å²) in [6, 6.07) is 82.8. The summed E-state index contributed by atoms with van der Waals surface area (Å²) < 4.78 is 16.0. The van der Waals surface area contributed by atoms with Gasteiger partial charge < -0.3 is 18.3 Å². The number of nitrogens with zero attached hydrogens (tertiary/aromatic N) is 2. The molecule has 0 radical (unpaired) electrons. The summed E-state index contributed by atoms with van der Waals surface area (Å²) in [7, 11) is 0. The molecule has 14 rings (SSSR count). The Kier molecular flexibility index (Phi) is 7.95. The molecule has 0 saturated heterocycles. The molecule has 3 aromatic heterocycles. The zero-order valence-electron chi connectivity index (χ0n) is 35.7. The van der Waals surface area contributed by atoms with Crippen LogP contribution in [0.5, 0.6) is 0 Å². The fourth-order valence-corrected chi connectivity index (χ4v) is 10.6. The Morgan fingerprint density at radius 1 is 0.333 bits per heavy atom. The van der Waals surface area contributed by atoms with Gasteiger partial charge in [0.05, 0.1) is 22.4 Å². The Morgan fingerprint density at radius 3 is 1.62 bits per heavy atom. The quantitative estimate of drug-likeness (QED) is 0.156. The lowest BCUT2D eigenvalue weighted by Crippen LogP contribution is -2.12. The van der Waals surface area contributed by atoms with Gasteiger partial charge in [0.2, 0.25) is 0 Å². The van der Waals surface area contributed by atoms with E-state index in [4.69, 9.17) is 8.83 Å². The first-order valence-electron chi connectivity index (χ1n) is 22.5. The van der Waals surface area contributed by atoms with Crippen molar-refractivity contribution in [3.05, 3.63) is 231 Å². The molecule has 0 atom stereocenters. The van der Waals surface area contributed by atoms with E-state index in [1.807, 2.05) is 18.2 Å². The molecular weight excluding hydrogens is 805 g/mol. The fraction of sp³-hybridized carbons (Fsp3) is 0. The van der Waals surface area contributed by atoms with E-state index in [2.05, 4.69) is 222 Å². The van der Waals surface area contributed by atoms with E-state index in [1.165, 1.54) is 38.0 Å². The van der Waals surface area contributed by atoms with Gasteiger partial charge in [0.1, 0.15) is 22.3 Å². The maximum Gasteiger partial charge on any atom is 0.145 e. The van der Waals surface area contributed by atoms with Crippen molar-refractivity contribution >= 4 is 104 Å². The second-order valence-corrected chi connectivity index (χ2v) is 17.2. The van der Waals surface area contributed by atoms with Crippen LogP contribution < -0.4 is 4.90 Å². The Balaban J connectivity index is 1.05. The molecule has 4 heteroatoms. The van der Waals surface area contributed by atoms with Crippen molar-refractivity contribution in [2.45, 2.75) is 0 Å². The first kappa shape index (κ1) is 36.6. The van der Waals surface area contributed by atoms with Crippen molar-refractivity contribution in [1.82, 2.24) is 4.57 Å². The highest BCUT2D eigenvalue weighted by Gasteiger charge is 2.26. The van der Waals surface area contributed by atoms with Crippen molar-refractivity contribution < 1.29 is 8.83 Å². The van der Waals surface area contributed by atoms with E-state index in [1.54, 1.807) is 0 Å². The number of furan rings is 2. The monoisotopic (exact) mass is 842 g/mol. The van der Waals surface area contributed by atoms with Gasteiger partial charge in [-0.3, -0.25) is 0 Å². The number of rotatable bonds is 6. The Bertz CT molecular complexity index is 4190. The average molecular weight is 843 g/mol. The molecule has 0 fully saturated rings.